The molecule has 5 heteroatoms. The fourth-order valence-electron chi connectivity index (χ4n) is 8.68. The molecule has 0 aromatic carbocycles. The van der Waals surface area contributed by atoms with Crippen molar-refractivity contribution in [2.75, 3.05) is 0 Å². The van der Waals surface area contributed by atoms with Crippen LogP contribution in [0.5, 0.6) is 0 Å². The average Bonchev–Trinajstić information content (AvgIpc) is 3.07. The largest absolute Gasteiger partial charge is 0.251 e. The van der Waals surface area contributed by atoms with Gasteiger partial charge in [0.15, 0.2) is 0 Å². The van der Waals surface area contributed by atoms with Gasteiger partial charge in [0.05, 0.1) is 45.6 Å². The number of rotatable bonds is 4. The normalized spacial score (nSPS) is 24.8. The van der Waals surface area contributed by atoms with Crippen molar-refractivity contribution in [3.8, 4) is 45.6 Å². The molecule has 0 radical (unpaired) electrons. The zero-order valence-corrected chi connectivity index (χ0v) is 25.9. The van der Waals surface area contributed by atoms with Gasteiger partial charge in [0, 0.05) is 11.4 Å². The second-order valence-electron chi connectivity index (χ2n) is 14.7. The lowest BCUT2D eigenvalue weighted by Crippen LogP contribution is -2.48. The summed E-state index contributed by atoms with van der Waals surface area (Å²) in [5.74, 6) is 2.75. The lowest BCUT2D eigenvalue weighted by atomic mass is 9.48. The first kappa shape index (κ1) is 26.2. The molecule has 4 atom stereocenters. The molecule has 2 fully saturated rings. The van der Waals surface area contributed by atoms with E-state index >= 15 is 0 Å². The van der Waals surface area contributed by atoms with E-state index in [-0.39, 0.29) is 0 Å². The lowest BCUT2D eigenvalue weighted by molar-refractivity contribution is 0.0170. The summed E-state index contributed by atoms with van der Waals surface area (Å²) in [6.45, 7) is 9.64. The standard InChI is InChI=1S/C39H37N5/c1-38(2)22-18-26(38)24-14-16-34(43-36(24)20-22)32-12-6-10-30(41-32)28-8-5-9-29(40-28)31-11-7-13-33(42-31)35-17-15-25-27-19-23(39(27,3)4)21-37(25)44-35/h5-17,22-23,26-27H,18-21H2,1-4H3/t22-,23-,26+,27+/m1/s1. The zero-order chi connectivity index (χ0) is 29.8. The van der Waals surface area contributed by atoms with Crippen LogP contribution in [0, 0.1) is 22.7 Å². The Balaban J connectivity index is 1.00. The lowest BCUT2D eigenvalue weighted by Gasteiger charge is -2.56. The fourth-order valence-corrected chi connectivity index (χ4v) is 8.68. The van der Waals surface area contributed by atoms with Crippen molar-refractivity contribution in [1.29, 1.82) is 0 Å². The predicted octanol–water partition coefficient (Wildman–Crippen LogP) is 8.70. The highest BCUT2D eigenvalue weighted by atomic mass is 14.9. The summed E-state index contributed by atoms with van der Waals surface area (Å²) in [4.78, 5) is 25.3. The van der Waals surface area contributed by atoms with Crippen molar-refractivity contribution in [1.82, 2.24) is 24.9 Å². The molecule has 5 nitrogen and oxygen atoms in total. The van der Waals surface area contributed by atoms with Gasteiger partial charge in [-0.15, -0.1) is 0 Å². The number of aromatic nitrogens is 5. The molecule has 0 aliphatic heterocycles. The number of hydrogen-bond acceptors (Lipinski definition) is 5. The maximum atomic E-state index is 5.11. The molecule has 44 heavy (non-hydrogen) atoms. The summed E-state index contributed by atoms with van der Waals surface area (Å²) in [6, 6.07) is 27.2. The Morgan fingerprint density at radius 2 is 0.750 bits per heavy atom. The van der Waals surface area contributed by atoms with E-state index in [1.54, 1.807) is 0 Å². The second-order valence-corrected chi connectivity index (χ2v) is 14.7. The van der Waals surface area contributed by atoms with E-state index in [1.165, 1.54) is 35.4 Å². The van der Waals surface area contributed by atoms with Gasteiger partial charge in [-0.3, -0.25) is 9.97 Å². The van der Waals surface area contributed by atoms with Crippen LogP contribution in [0.25, 0.3) is 45.6 Å². The Hall–Kier alpha value is -4.25. The van der Waals surface area contributed by atoms with E-state index in [1.807, 2.05) is 30.3 Å². The number of pyridine rings is 5. The highest BCUT2D eigenvalue weighted by Crippen LogP contribution is 2.62. The third-order valence-electron chi connectivity index (χ3n) is 11.9. The molecule has 0 amide bonds. The van der Waals surface area contributed by atoms with E-state index < -0.39 is 0 Å². The Labute approximate surface area is 259 Å². The van der Waals surface area contributed by atoms with Crippen LogP contribution < -0.4 is 0 Å². The average molecular weight is 576 g/mol. The molecular formula is C39H37N5. The molecule has 0 saturated heterocycles. The predicted molar refractivity (Wildman–Crippen MR) is 174 cm³/mol. The first-order valence-electron chi connectivity index (χ1n) is 16.2. The molecule has 11 rings (SSSR count). The highest BCUT2D eigenvalue weighted by Gasteiger charge is 2.53. The van der Waals surface area contributed by atoms with Crippen LogP contribution in [-0.4, -0.2) is 24.9 Å². The molecule has 4 bridgehead atoms. The monoisotopic (exact) mass is 575 g/mol. The molecule has 5 aromatic heterocycles. The van der Waals surface area contributed by atoms with Crippen molar-refractivity contribution in [3.63, 3.8) is 0 Å². The van der Waals surface area contributed by atoms with Gasteiger partial charge in [-0.2, -0.15) is 0 Å². The molecule has 5 aromatic rings. The molecule has 5 heterocycles. The van der Waals surface area contributed by atoms with Crippen LogP contribution in [0.15, 0.2) is 78.9 Å². The van der Waals surface area contributed by atoms with Gasteiger partial charge in [0.25, 0.3) is 0 Å². The molecule has 0 spiro atoms. The summed E-state index contributed by atoms with van der Waals surface area (Å²) in [5.41, 5.74) is 13.2. The molecule has 0 unspecified atom stereocenters. The van der Waals surface area contributed by atoms with Crippen molar-refractivity contribution in [3.05, 3.63) is 101 Å². The zero-order valence-electron chi connectivity index (χ0n) is 25.9. The maximum Gasteiger partial charge on any atom is 0.0894 e. The quantitative estimate of drug-likeness (QED) is 0.214. The molecule has 6 aliphatic carbocycles. The maximum absolute atomic E-state index is 5.11. The summed E-state index contributed by atoms with van der Waals surface area (Å²) >= 11 is 0. The summed E-state index contributed by atoms with van der Waals surface area (Å²) < 4.78 is 0. The van der Waals surface area contributed by atoms with Crippen LogP contribution >= 0.6 is 0 Å². The van der Waals surface area contributed by atoms with Crippen molar-refractivity contribution in [2.45, 2.75) is 65.2 Å². The van der Waals surface area contributed by atoms with Gasteiger partial charge >= 0.3 is 0 Å². The number of hydrogen-bond donors (Lipinski definition) is 0. The van der Waals surface area contributed by atoms with Crippen LogP contribution in [-0.2, 0) is 12.8 Å². The molecule has 6 aliphatic rings. The Morgan fingerprint density at radius 3 is 1.07 bits per heavy atom. The van der Waals surface area contributed by atoms with Crippen LogP contribution in [0.2, 0.25) is 0 Å². The van der Waals surface area contributed by atoms with Crippen LogP contribution in [0.1, 0.15) is 74.9 Å². The van der Waals surface area contributed by atoms with Gasteiger partial charge in [0.1, 0.15) is 0 Å². The van der Waals surface area contributed by atoms with Gasteiger partial charge in [-0.05, 0) is 120 Å². The molecule has 2 saturated carbocycles. The Kier molecular flexibility index (Phi) is 5.43. The highest BCUT2D eigenvalue weighted by molar-refractivity contribution is 5.67. The summed E-state index contributed by atoms with van der Waals surface area (Å²) in [7, 11) is 0. The van der Waals surface area contributed by atoms with E-state index in [2.05, 4.69) is 76.2 Å². The first-order valence-corrected chi connectivity index (χ1v) is 16.2. The Morgan fingerprint density at radius 1 is 0.432 bits per heavy atom. The first-order chi connectivity index (χ1) is 21.3. The number of nitrogens with zero attached hydrogens (tertiary/aromatic N) is 5. The van der Waals surface area contributed by atoms with Gasteiger partial charge < -0.3 is 0 Å². The van der Waals surface area contributed by atoms with Crippen molar-refractivity contribution < 1.29 is 0 Å². The Bertz CT molecular complexity index is 1840. The smallest absolute Gasteiger partial charge is 0.0894 e. The second kappa shape index (κ2) is 9.13. The minimum atomic E-state index is 0.397. The topological polar surface area (TPSA) is 64.5 Å². The van der Waals surface area contributed by atoms with E-state index in [0.717, 1.165) is 70.2 Å². The van der Waals surface area contributed by atoms with Gasteiger partial charge in [0.2, 0.25) is 0 Å². The third kappa shape index (κ3) is 3.81. The van der Waals surface area contributed by atoms with Crippen LogP contribution in [0.3, 0.4) is 0 Å². The summed E-state index contributed by atoms with van der Waals surface area (Å²) in [5, 5.41) is 0. The van der Waals surface area contributed by atoms with E-state index in [0.29, 0.717) is 22.7 Å². The minimum Gasteiger partial charge on any atom is -0.251 e. The van der Waals surface area contributed by atoms with Crippen LogP contribution in [0.4, 0.5) is 0 Å². The third-order valence-corrected chi connectivity index (χ3v) is 11.9. The molecular weight excluding hydrogens is 538 g/mol. The van der Waals surface area contributed by atoms with Gasteiger partial charge in [-0.1, -0.05) is 58.0 Å². The van der Waals surface area contributed by atoms with Crippen molar-refractivity contribution in [2.24, 2.45) is 22.7 Å². The SMILES string of the molecule is CC1(C)[C@H]2Cc3nc(-c4cccc(-c5cccc(-c6cccc(-c7ccc8c(n7)C[C@H]7C[C@@H]8C7(C)C)n6)n5)n4)ccc3[C@@H]1C2. The minimum absolute atomic E-state index is 0.397. The molecule has 218 valence electrons. The van der Waals surface area contributed by atoms with Crippen molar-refractivity contribution >= 4 is 0 Å². The summed E-state index contributed by atoms with van der Waals surface area (Å²) in [6.07, 6.45) is 4.75. The van der Waals surface area contributed by atoms with Gasteiger partial charge in [-0.25, -0.2) is 15.0 Å². The van der Waals surface area contributed by atoms with E-state index in [9.17, 15) is 0 Å². The fraction of sp³-hybridized carbons (Fsp3) is 0.359. The molecule has 0 N–H and O–H groups in total. The van der Waals surface area contributed by atoms with E-state index in [4.69, 9.17) is 24.9 Å².